The Bertz CT molecular complexity index is 825. The SMILES string of the molecule is CCOc1ccc(-c2c3c(nc4ccccc24)CNC3)cc1. The summed E-state index contributed by atoms with van der Waals surface area (Å²) in [4.78, 5) is 4.80. The Hall–Kier alpha value is -2.39. The van der Waals surface area contributed by atoms with Crippen LogP contribution in [0.25, 0.3) is 22.0 Å². The second kappa shape index (κ2) is 5.43. The Labute approximate surface area is 130 Å². The summed E-state index contributed by atoms with van der Waals surface area (Å²) in [5, 5.41) is 4.63. The summed E-state index contributed by atoms with van der Waals surface area (Å²) >= 11 is 0. The molecule has 0 atom stereocenters. The number of fused-ring (bicyclic) bond motifs is 2. The van der Waals surface area contributed by atoms with Gasteiger partial charge in [-0.15, -0.1) is 0 Å². The lowest BCUT2D eigenvalue weighted by atomic mass is 9.95. The number of pyridine rings is 1. The molecule has 0 aliphatic carbocycles. The molecule has 0 saturated carbocycles. The number of hydrogen-bond acceptors (Lipinski definition) is 3. The van der Waals surface area contributed by atoms with Gasteiger partial charge in [-0.1, -0.05) is 30.3 Å². The Kier molecular flexibility index (Phi) is 3.28. The molecule has 2 aromatic carbocycles. The van der Waals surface area contributed by atoms with Gasteiger partial charge in [-0.25, -0.2) is 0 Å². The molecule has 0 spiro atoms. The highest BCUT2D eigenvalue weighted by Crippen LogP contribution is 2.35. The van der Waals surface area contributed by atoms with Crippen molar-refractivity contribution in [2.24, 2.45) is 0 Å². The minimum absolute atomic E-state index is 0.691. The summed E-state index contributed by atoms with van der Waals surface area (Å²) in [7, 11) is 0. The summed E-state index contributed by atoms with van der Waals surface area (Å²) in [6.07, 6.45) is 0. The van der Waals surface area contributed by atoms with E-state index in [0.29, 0.717) is 6.61 Å². The van der Waals surface area contributed by atoms with Crippen molar-refractivity contribution in [2.45, 2.75) is 20.0 Å². The van der Waals surface area contributed by atoms with Crippen molar-refractivity contribution in [3.05, 3.63) is 59.8 Å². The second-order valence-corrected chi connectivity index (χ2v) is 5.49. The first kappa shape index (κ1) is 13.3. The number of para-hydroxylation sites is 1. The van der Waals surface area contributed by atoms with Gasteiger partial charge in [0.15, 0.2) is 0 Å². The van der Waals surface area contributed by atoms with Gasteiger partial charge in [0.05, 0.1) is 17.8 Å². The number of aromatic nitrogens is 1. The molecule has 3 heteroatoms. The molecule has 3 aromatic rings. The zero-order valence-corrected chi connectivity index (χ0v) is 12.6. The molecule has 0 amide bonds. The largest absolute Gasteiger partial charge is 0.494 e. The van der Waals surface area contributed by atoms with Gasteiger partial charge in [-0.05, 0) is 41.8 Å². The molecule has 1 N–H and O–H groups in total. The first-order valence-electron chi connectivity index (χ1n) is 7.71. The summed E-state index contributed by atoms with van der Waals surface area (Å²) < 4.78 is 5.55. The van der Waals surface area contributed by atoms with Gasteiger partial charge in [-0.2, -0.15) is 0 Å². The first-order chi connectivity index (χ1) is 10.9. The van der Waals surface area contributed by atoms with E-state index in [0.717, 1.165) is 24.4 Å². The van der Waals surface area contributed by atoms with E-state index in [1.165, 1.54) is 27.8 Å². The van der Waals surface area contributed by atoms with Gasteiger partial charge in [0.25, 0.3) is 0 Å². The van der Waals surface area contributed by atoms with Crippen LogP contribution in [0, 0.1) is 0 Å². The maximum Gasteiger partial charge on any atom is 0.119 e. The minimum atomic E-state index is 0.691. The third kappa shape index (κ3) is 2.14. The van der Waals surface area contributed by atoms with Crippen LogP contribution < -0.4 is 10.1 Å². The van der Waals surface area contributed by atoms with E-state index >= 15 is 0 Å². The molecule has 1 aliphatic heterocycles. The molecule has 0 fully saturated rings. The Morgan fingerprint density at radius 3 is 2.68 bits per heavy atom. The lowest BCUT2D eigenvalue weighted by Crippen LogP contribution is -2.00. The van der Waals surface area contributed by atoms with Crippen LogP contribution in [0.5, 0.6) is 5.75 Å². The first-order valence-corrected chi connectivity index (χ1v) is 7.71. The van der Waals surface area contributed by atoms with E-state index in [1.54, 1.807) is 0 Å². The predicted molar refractivity (Wildman–Crippen MR) is 88.9 cm³/mol. The Morgan fingerprint density at radius 2 is 1.86 bits per heavy atom. The number of ether oxygens (including phenoxy) is 1. The summed E-state index contributed by atoms with van der Waals surface area (Å²) in [5.41, 5.74) is 6.08. The molecule has 0 unspecified atom stereocenters. The van der Waals surface area contributed by atoms with Gasteiger partial charge in [0, 0.05) is 18.5 Å². The van der Waals surface area contributed by atoms with Gasteiger partial charge in [0.1, 0.15) is 5.75 Å². The van der Waals surface area contributed by atoms with Crippen LogP contribution in [-0.4, -0.2) is 11.6 Å². The fourth-order valence-corrected chi connectivity index (χ4v) is 3.16. The van der Waals surface area contributed by atoms with E-state index in [-0.39, 0.29) is 0 Å². The number of benzene rings is 2. The fourth-order valence-electron chi connectivity index (χ4n) is 3.16. The van der Waals surface area contributed by atoms with Crippen LogP contribution in [0.4, 0.5) is 0 Å². The topological polar surface area (TPSA) is 34.1 Å². The molecule has 2 heterocycles. The highest BCUT2D eigenvalue weighted by molar-refractivity contribution is 5.96. The third-order valence-corrected chi connectivity index (χ3v) is 4.13. The van der Waals surface area contributed by atoms with Crippen molar-refractivity contribution in [1.29, 1.82) is 0 Å². The quantitative estimate of drug-likeness (QED) is 0.794. The summed E-state index contributed by atoms with van der Waals surface area (Å²) in [6.45, 7) is 4.43. The monoisotopic (exact) mass is 290 g/mol. The van der Waals surface area contributed by atoms with E-state index in [9.17, 15) is 0 Å². The van der Waals surface area contributed by atoms with Crippen molar-refractivity contribution in [2.75, 3.05) is 6.61 Å². The van der Waals surface area contributed by atoms with Crippen molar-refractivity contribution >= 4 is 10.9 Å². The number of rotatable bonds is 3. The van der Waals surface area contributed by atoms with Crippen LogP contribution in [0.15, 0.2) is 48.5 Å². The molecular formula is C19H18N2O. The second-order valence-electron chi connectivity index (χ2n) is 5.49. The molecule has 0 saturated heterocycles. The number of nitrogens with one attached hydrogen (secondary N) is 1. The molecule has 3 nitrogen and oxygen atoms in total. The average molecular weight is 290 g/mol. The van der Waals surface area contributed by atoms with Crippen molar-refractivity contribution in [3.63, 3.8) is 0 Å². The lowest BCUT2D eigenvalue weighted by molar-refractivity contribution is 0.340. The van der Waals surface area contributed by atoms with Crippen molar-refractivity contribution < 1.29 is 4.74 Å². The van der Waals surface area contributed by atoms with E-state index in [1.807, 2.05) is 25.1 Å². The van der Waals surface area contributed by atoms with Crippen LogP contribution in [0.2, 0.25) is 0 Å². The average Bonchev–Trinajstić information content (AvgIpc) is 3.02. The third-order valence-electron chi connectivity index (χ3n) is 4.13. The fraction of sp³-hybridized carbons (Fsp3) is 0.211. The molecular weight excluding hydrogens is 272 g/mol. The molecule has 1 aromatic heterocycles. The Morgan fingerprint density at radius 1 is 1.05 bits per heavy atom. The summed E-state index contributed by atoms with van der Waals surface area (Å²) in [6, 6.07) is 16.8. The minimum Gasteiger partial charge on any atom is -0.494 e. The van der Waals surface area contributed by atoms with Crippen LogP contribution in [0.3, 0.4) is 0 Å². The smallest absolute Gasteiger partial charge is 0.119 e. The highest BCUT2D eigenvalue weighted by Gasteiger charge is 2.19. The normalized spacial score (nSPS) is 13.3. The molecule has 4 rings (SSSR count). The van der Waals surface area contributed by atoms with E-state index < -0.39 is 0 Å². The van der Waals surface area contributed by atoms with Gasteiger partial charge >= 0.3 is 0 Å². The molecule has 110 valence electrons. The van der Waals surface area contributed by atoms with E-state index in [4.69, 9.17) is 9.72 Å². The number of nitrogens with zero attached hydrogens (tertiary/aromatic N) is 1. The molecule has 22 heavy (non-hydrogen) atoms. The maximum atomic E-state index is 5.55. The number of hydrogen-bond donors (Lipinski definition) is 1. The summed E-state index contributed by atoms with van der Waals surface area (Å²) in [5.74, 6) is 0.916. The van der Waals surface area contributed by atoms with E-state index in [2.05, 4.69) is 35.6 Å². The van der Waals surface area contributed by atoms with Crippen LogP contribution >= 0.6 is 0 Å². The zero-order valence-electron chi connectivity index (χ0n) is 12.6. The van der Waals surface area contributed by atoms with Gasteiger partial charge in [0.2, 0.25) is 0 Å². The van der Waals surface area contributed by atoms with Crippen molar-refractivity contribution in [3.8, 4) is 16.9 Å². The van der Waals surface area contributed by atoms with Gasteiger partial charge < -0.3 is 10.1 Å². The Balaban J connectivity index is 1.93. The van der Waals surface area contributed by atoms with Gasteiger partial charge in [-0.3, -0.25) is 4.98 Å². The van der Waals surface area contributed by atoms with Crippen LogP contribution in [0.1, 0.15) is 18.2 Å². The predicted octanol–water partition coefficient (Wildman–Crippen LogP) is 3.90. The van der Waals surface area contributed by atoms with Crippen molar-refractivity contribution in [1.82, 2.24) is 10.3 Å². The standard InChI is InChI=1S/C19H18N2O/c1-2-22-14-9-7-13(8-10-14)19-15-5-3-4-6-17(15)21-18-12-20-11-16(18)19/h3-10,20H,2,11-12H2,1H3. The zero-order chi connectivity index (χ0) is 14.9. The molecule has 0 bridgehead atoms. The highest BCUT2D eigenvalue weighted by atomic mass is 16.5. The molecule has 1 aliphatic rings. The lowest BCUT2D eigenvalue weighted by Gasteiger charge is -2.13. The maximum absolute atomic E-state index is 5.55. The molecule has 0 radical (unpaired) electrons. The van der Waals surface area contributed by atoms with Crippen LogP contribution in [-0.2, 0) is 13.1 Å².